The maximum absolute atomic E-state index is 12.4. The Morgan fingerprint density at radius 3 is 2.16 bits per heavy atom. The van der Waals surface area contributed by atoms with Crippen molar-refractivity contribution in [3.63, 3.8) is 0 Å². The van der Waals surface area contributed by atoms with Crippen LogP contribution in [0.3, 0.4) is 0 Å². The van der Waals surface area contributed by atoms with Crippen molar-refractivity contribution in [1.82, 2.24) is 4.90 Å². The number of imide groups is 1. The van der Waals surface area contributed by atoms with Crippen LogP contribution in [0.5, 0.6) is 0 Å². The van der Waals surface area contributed by atoms with Gasteiger partial charge in [-0.2, -0.15) is 0 Å². The zero-order valence-electron chi connectivity index (χ0n) is 11.3. The number of nitrogens with zero attached hydrogens (tertiary/aromatic N) is 1. The molecule has 0 aromatic carbocycles. The number of likely N-dealkylation sites (tertiary alicyclic amines) is 1. The predicted octanol–water partition coefficient (Wildman–Crippen LogP) is 1.58. The summed E-state index contributed by atoms with van der Waals surface area (Å²) in [6, 6.07) is 0. The number of aliphatic carboxylic acids is 1. The summed E-state index contributed by atoms with van der Waals surface area (Å²) in [4.78, 5) is 37.3. The molecule has 0 aromatic rings. The van der Waals surface area contributed by atoms with Crippen LogP contribution in [0.2, 0.25) is 0 Å². The van der Waals surface area contributed by atoms with E-state index in [0.29, 0.717) is 19.3 Å². The highest BCUT2D eigenvalue weighted by Crippen LogP contribution is 2.39. The zero-order valence-corrected chi connectivity index (χ0v) is 11.3. The highest BCUT2D eigenvalue weighted by atomic mass is 16.4. The molecule has 1 saturated heterocycles. The Morgan fingerprint density at radius 1 is 1.32 bits per heavy atom. The van der Waals surface area contributed by atoms with E-state index in [1.54, 1.807) is 0 Å². The summed E-state index contributed by atoms with van der Waals surface area (Å²) >= 11 is 0. The summed E-state index contributed by atoms with van der Waals surface area (Å²) in [6.07, 6.45) is 5.75. The van der Waals surface area contributed by atoms with Gasteiger partial charge in [0, 0.05) is 0 Å². The molecule has 0 radical (unpaired) electrons. The van der Waals surface area contributed by atoms with E-state index < -0.39 is 11.5 Å². The quantitative estimate of drug-likeness (QED) is 0.618. The molecule has 0 saturated carbocycles. The summed E-state index contributed by atoms with van der Waals surface area (Å²) in [6.45, 7) is 3.32. The number of carboxylic acids is 1. The minimum atomic E-state index is -1.42. The summed E-state index contributed by atoms with van der Waals surface area (Å²) in [7, 11) is 0. The smallest absolute Gasteiger partial charge is 0.329 e. The monoisotopic (exact) mass is 265 g/mol. The number of fused-ring (bicyclic) bond motifs is 1. The Hall–Kier alpha value is -1.65. The lowest BCUT2D eigenvalue weighted by Crippen LogP contribution is -2.55. The van der Waals surface area contributed by atoms with Crippen molar-refractivity contribution in [2.75, 3.05) is 0 Å². The first-order chi connectivity index (χ1) is 8.93. The third kappa shape index (κ3) is 1.97. The Bertz CT molecular complexity index is 430. The number of carbonyl (C=O) groups is 3. The van der Waals surface area contributed by atoms with Crippen molar-refractivity contribution in [2.45, 2.75) is 45.1 Å². The number of hydrogen-bond donors (Lipinski definition) is 1. The third-order valence-corrected chi connectivity index (χ3v) is 4.20. The number of allylic oxidation sites excluding steroid dienone is 2. The molecule has 3 atom stereocenters. The molecule has 2 aliphatic rings. The Kier molecular flexibility index (Phi) is 3.47. The average Bonchev–Trinajstić information content (AvgIpc) is 2.63. The van der Waals surface area contributed by atoms with E-state index in [1.165, 1.54) is 6.92 Å². The Morgan fingerprint density at radius 2 is 1.79 bits per heavy atom. The van der Waals surface area contributed by atoms with Crippen molar-refractivity contribution in [2.24, 2.45) is 11.8 Å². The van der Waals surface area contributed by atoms with E-state index in [9.17, 15) is 19.5 Å². The molecule has 0 spiro atoms. The molecule has 0 aromatic heterocycles. The van der Waals surface area contributed by atoms with E-state index in [4.69, 9.17) is 0 Å². The van der Waals surface area contributed by atoms with Gasteiger partial charge in [0.25, 0.3) is 0 Å². The SMILES string of the molecule is CCCC(C)(C(=O)O)N1C(=O)C2CC=CCC2C1=O. The average molecular weight is 265 g/mol. The second-order valence-corrected chi connectivity index (χ2v) is 5.50. The van der Waals surface area contributed by atoms with E-state index in [1.807, 2.05) is 19.1 Å². The van der Waals surface area contributed by atoms with Crippen LogP contribution in [-0.2, 0) is 14.4 Å². The molecule has 1 N–H and O–H groups in total. The molecule has 19 heavy (non-hydrogen) atoms. The minimum absolute atomic E-state index is 0.284. The van der Waals surface area contributed by atoms with Gasteiger partial charge in [0.2, 0.25) is 11.8 Å². The van der Waals surface area contributed by atoms with Crippen LogP contribution >= 0.6 is 0 Å². The fraction of sp³-hybridized carbons (Fsp3) is 0.643. The fourth-order valence-electron chi connectivity index (χ4n) is 3.09. The van der Waals surface area contributed by atoms with Gasteiger partial charge in [-0.3, -0.25) is 14.5 Å². The van der Waals surface area contributed by atoms with Crippen LogP contribution in [0, 0.1) is 11.8 Å². The van der Waals surface area contributed by atoms with Crippen molar-refractivity contribution in [1.29, 1.82) is 0 Å². The van der Waals surface area contributed by atoms with Gasteiger partial charge in [-0.25, -0.2) is 4.79 Å². The standard InChI is InChI=1S/C14H19NO4/c1-3-8-14(2,13(18)19)15-11(16)9-6-4-5-7-10(9)12(15)17/h4-5,9-10H,3,6-8H2,1-2H3,(H,18,19). The highest BCUT2D eigenvalue weighted by Gasteiger charge is 2.55. The van der Waals surface area contributed by atoms with E-state index >= 15 is 0 Å². The lowest BCUT2D eigenvalue weighted by atomic mass is 9.85. The maximum atomic E-state index is 12.4. The second-order valence-electron chi connectivity index (χ2n) is 5.50. The van der Waals surface area contributed by atoms with Crippen molar-refractivity contribution < 1.29 is 19.5 Å². The molecule has 5 nitrogen and oxygen atoms in total. The normalized spacial score (nSPS) is 29.3. The largest absolute Gasteiger partial charge is 0.479 e. The molecule has 1 fully saturated rings. The number of carbonyl (C=O) groups excluding carboxylic acids is 2. The zero-order chi connectivity index (χ0) is 14.2. The summed E-state index contributed by atoms with van der Waals surface area (Å²) in [5.41, 5.74) is -1.42. The first-order valence-corrected chi connectivity index (χ1v) is 6.69. The number of hydrogen-bond acceptors (Lipinski definition) is 3. The minimum Gasteiger partial charge on any atom is -0.479 e. The molecule has 5 heteroatoms. The summed E-state index contributed by atoms with van der Waals surface area (Å²) < 4.78 is 0. The van der Waals surface area contributed by atoms with Crippen LogP contribution in [0.15, 0.2) is 12.2 Å². The predicted molar refractivity (Wildman–Crippen MR) is 68.2 cm³/mol. The van der Waals surface area contributed by atoms with Gasteiger partial charge in [-0.15, -0.1) is 0 Å². The van der Waals surface area contributed by atoms with Crippen LogP contribution in [0.4, 0.5) is 0 Å². The second kappa shape index (κ2) is 4.79. The number of carboxylic acid groups (broad SMARTS) is 1. The molecule has 3 unspecified atom stereocenters. The Balaban J connectivity index is 2.37. The highest BCUT2D eigenvalue weighted by molar-refractivity contribution is 6.09. The lowest BCUT2D eigenvalue weighted by Gasteiger charge is -2.33. The van der Waals surface area contributed by atoms with Crippen LogP contribution in [0.1, 0.15) is 39.5 Å². The molecule has 2 rings (SSSR count). The molecule has 1 heterocycles. The van der Waals surface area contributed by atoms with Gasteiger partial charge in [-0.05, 0) is 26.2 Å². The molecule has 2 amide bonds. The van der Waals surface area contributed by atoms with Gasteiger partial charge < -0.3 is 5.11 Å². The molecule has 1 aliphatic heterocycles. The van der Waals surface area contributed by atoms with Crippen LogP contribution < -0.4 is 0 Å². The molecular weight excluding hydrogens is 246 g/mol. The van der Waals surface area contributed by atoms with Gasteiger partial charge >= 0.3 is 5.97 Å². The third-order valence-electron chi connectivity index (χ3n) is 4.20. The van der Waals surface area contributed by atoms with Gasteiger partial charge in [0.05, 0.1) is 11.8 Å². The first-order valence-electron chi connectivity index (χ1n) is 6.69. The van der Waals surface area contributed by atoms with E-state index in [0.717, 1.165) is 4.90 Å². The van der Waals surface area contributed by atoms with Crippen molar-refractivity contribution in [3.05, 3.63) is 12.2 Å². The maximum Gasteiger partial charge on any atom is 0.329 e. The summed E-state index contributed by atoms with van der Waals surface area (Å²) in [5, 5.41) is 9.43. The fourth-order valence-corrected chi connectivity index (χ4v) is 3.09. The van der Waals surface area contributed by atoms with Gasteiger partial charge in [0.15, 0.2) is 0 Å². The molecule has 0 bridgehead atoms. The van der Waals surface area contributed by atoms with Crippen LogP contribution in [0.25, 0.3) is 0 Å². The first kappa shape index (κ1) is 13.8. The molecule has 1 aliphatic carbocycles. The van der Waals surface area contributed by atoms with Crippen molar-refractivity contribution >= 4 is 17.8 Å². The van der Waals surface area contributed by atoms with Gasteiger partial charge in [0.1, 0.15) is 5.54 Å². The number of amides is 2. The molecular formula is C14H19NO4. The molecule has 104 valence electrons. The van der Waals surface area contributed by atoms with Crippen molar-refractivity contribution in [3.8, 4) is 0 Å². The topological polar surface area (TPSA) is 74.7 Å². The van der Waals surface area contributed by atoms with E-state index in [-0.39, 0.29) is 30.1 Å². The summed E-state index contributed by atoms with van der Waals surface area (Å²) in [5.74, 6) is -2.49. The van der Waals surface area contributed by atoms with Crippen LogP contribution in [-0.4, -0.2) is 33.3 Å². The van der Waals surface area contributed by atoms with E-state index in [2.05, 4.69) is 0 Å². The lowest BCUT2D eigenvalue weighted by molar-refractivity contribution is -0.163. The number of rotatable bonds is 4. The Labute approximate surface area is 112 Å². The van der Waals surface area contributed by atoms with Gasteiger partial charge in [-0.1, -0.05) is 25.5 Å².